The van der Waals surface area contributed by atoms with Crippen molar-refractivity contribution >= 4 is 0 Å². The van der Waals surface area contributed by atoms with E-state index in [0.29, 0.717) is 23.9 Å². The quantitative estimate of drug-likeness (QED) is 0.650. The molecule has 1 heterocycles. The fraction of sp³-hybridized carbons (Fsp3) is 0.0500. The molecular weight excluding hydrogens is 288 g/mol. The molecule has 0 aliphatic rings. The SMILES string of the molecule is C=CCOc1ccccc1-c1cc(=O)cc(-c2ccccc2)o1. The zero-order chi connectivity index (χ0) is 16.1. The Morgan fingerprint density at radius 2 is 1.65 bits per heavy atom. The van der Waals surface area contributed by atoms with Crippen molar-refractivity contribution < 1.29 is 9.15 Å². The molecule has 23 heavy (non-hydrogen) atoms. The first-order valence-electron chi connectivity index (χ1n) is 7.31. The Labute approximate surface area is 134 Å². The molecule has 1 aromatic heterocycles. The van der Waals surface area contributed by atoms with E-state index in [9.17, 15) is 4.79 Å². The molecule has 114 valence electrons. The summed E-state index contributed by atoms with van der Waals surface area (Å²) in [7, 11) is 0. The highest BCUT2D eigenvalue weighted by Crippen LogP contribution is 2.31. The third kappa shape index (κ3) is 3.40. The molecule has 0 aliphatic heterocycles. The van der Waals surface area contributed by atoms with Crippen LogP contribution in [-0.2, 0) is 0 Å². The van der Waals surface area contributed by atoms with Crippen molar-refractivity contribution in [2.24, 2.45) is 0 Å². The second-order valence-corrected chi connectivity index (χ2v) is 4.98. The molecular formula is C20H16O3. The van der Waals surface area contributed by atoms with Gasteiger partial charge in [-0.2, -0.15) is 0 Å². The lowest BCUT2D eigenvalue weighted by molar-refractivity contribution is 0.363. The zero-order valence-electron chi connectivity index (χ0n) is 12.6. The normalized spacial score (nSPS) is 10.3. The van der Waals surface area contributed by atoms with E-state index >= 15 is 0 Å². The second kappa shape index (κ2) is 6.79. The van der Waals surface area contributed by atoms with Crippen LogP contribution in [0.3, 0.4) is 0 Å². The molecule has 3 nitrogen and oxygen atoms in total. The summed E-state index contributed by atoms with van der Waals surface area (Å²) in [4.78, 5) is 12.1. The molecule has 0 saturated heterocycles. The van der Waals surface area contributed by atoms with Crippen LogP contribution < -0.4 is 10.2 Å². The molecule has 0 bridgehead atoms. The number of benzene rings is 2. The first-order valence-corrected chi connectivity index (χ1v) is 7.31. The lowest BCUT2D eigenvalue weighted by atomic mass is 10.1. The fourth-order valence-corrected chi connectivity index (χ4v) is 2.30. The Hall–Kier alpha value is -3.07. The molecule has 0 atom stereocenters. The summed E-state index contributed by atoms with van der Waals surface area (Å²) >= 11 is 0. The van der Waals surface area contributed by atoms with Crippen molar-refractivity contribution in [1.29, 1.82) is 0 Å². The minimum Gasteiger partial charge on any atom is -0.489 e. The minimum absolute atomic E-state index is 0.108. The van der Waals surface area contributed by atoms with Crippen molar-refractivity contribution in [3.8, 4) is 28.4 Å². The highest BCUT2D eigenvalue weighted by molar-refractivity contribution is 5.67. The van der Waals surface area contributed by atoms with Gasteiger partial charge >= 0.3 is 0 Å². The molecule has 0 radical (unpaired) electrons. The molecule has 0 amide bonds. The second-order valence-electron chi connectivity index (χ2n) is 4.98. The number of hydrogen-bond donors (Lipinski definition) is 0. The Bertz CT molecular complexity index is 863. The average Bonchev–Trinajstić information content (AvgIpc) is 2.60. The first-order chi connectivity index (χ1) is 11.3. The van der Waals surface area contributed by atoms with E-state index in [2.05, 4.69) is 6.58 Å². The molecule has 0 aliphatic carbocycles. The topological polar surface area (TPSA) is 39.4 Å². The van der Waals surface area contributed by atoms with Crippen LogP contribution in [0.15, 0.2) is 88.6 Å². The summed E-state index contributed by atoms with van der Waals surface area (Å²) in [6.45, 7) is 4.04. The van der Waals surface area contributed by atoms with Gasteiger partial charge in [0, 0.05) is 17.7 Å². The minimum atomic E-state index is -0.108. The maximum absolute atomic E-state index is 12.1. The van der Waals surface area contributed by atoms with Crippen molar-refractivity contribution in [3.63, 3.8) is 0 Å². The molecule has 3 rings (SSSR count). The van der Waals surface area contributed by atoms with E-state index in [1.54, 1.807) is 6.08 Å². The zero-order valence-corrected chi connectivity index (χ0v) is 12.6. The van der Waals surface area contributed by atoms with Gasteiger partial charge in [0.2, 0.25) is 0 Å². The summed E-state index contributed by atoms with van der Waals surface area (Å²) in [5, 5.41) is 0. The van der Waals surface area contributed by atoms with Gasteiger partial charge in [0.15, 0.2) is 5.43 Å². The van der Waals surface area contributed by atoms with Gasteiger partial charge in [0.05, 0.1) is 5.56 Å². The third-order valence-corrected chi connectivity index (χ3v) is 3.33. The predicted molar refractivity (Wildman–Crippen MR) is 91.5 cm³/mol. The smallest absolute Gasteiger partial charge is 0.186 e. The van der Waals surface area contributed by atoms with Crippen molar-refractivity contribution in [1.82, 2.24) is 0 Å². The summed E-state index contributed by atoms with van der Waals surface area (Å²) in [5.41, 5.74) is 1.49. The van der Waals surface area contributed by atoms with Crippen LogP contribution >= 0.6 is 0 Å². The average molecular weight is 304 g/mol. The van der Waals surface area contributed by atoms with Crippen molar-refractivity contribution in [3.05, 3.63) is 89.6 Å². The number of ether oxygens (including phenoxy) is 1. The lowest BCUT2D eigenvalue weighted by Crippen LogP contribution is -2.00. The van der Waals surface area contributed by atoms with Gasteiger partial charge in [0.25, 0.3) is 0 Å². The molecule has 0 saturated carbocycles. The molecule has 2 aromatic carbocycles. The van der Waals surface area contributed by atoms with Gasteiger partial charge in [-0.3, -0.25) is 4.79 Å². The van der Waals surface area contributed by atoms with Crippen LogP contribution in [0.1, 0.15) is 0 Å². The van der Waals surface area contributed by atoms with E-state index in [0.717, 1.165) is 11.1 Å². The molecule has 0 N–H and O–H groups in total. The Kier molecular flexibility index (Phi) is 4.39. The predicted octanol–water partition coefficient (Wildman–Crippen LogP) is 4.54. The van der Waals surface area contributed by atoms with Crippen LogP contribution in [0.5, 0.6) is 5.75 Å². The Morgan fingerprint density at radius 3 is 2.43 bits per heavy atom. The third-order valence-electron chi connectivity index (χ3n) is 3.33. The summed E-state index contributed by atoms with van der Waals surface area (Å²) in [6, 6.07) is 20.0. The highest BCUT2D eigenvalue weighted by atomic mass is 16.5. The van der Waals surface area contributed by atoms with Crippen LogP contribution in [-0.4, -0.2) is 6.61 Å². The van der Waals surface area contributed by atoms with Crippen LogP contribution in [0.2, 0.25) is 0 Å². The molecule has 3 heteroatoms. The number of hydrogen-bond acceptors (Lipinski definition) is 3. The highest BCUT2D eigenvalue weighted by Gasteiger charge is 2.11. The fourth-order valence-electron chi connectivity index (χ4n) is 2.30. The van der Waals surface area contributed by atoms with E-state index in [4.69, 9.17) is 9.15 Å². The summed E-state index contributed by atoms with van der Waals surface area (Å²) in [6.07, 6.45) is 1.67. The van der Waals surface area contributed by atoms with E-state index in [1.807, 2.05) is 54.6 Å². The standard InChI is InChI=1S/C20H16O3/c1-2-12-22-18-11-7-6-10-17(18)20-14-16(21)13-19(23-20)15-8-4-3-5-9-15/h2-11,13-14H,1,12H2. The maximum Gasteiger partial charge on any atom is 0.186 e. The monoisotopic (exact) mass is 304 g/mol. The number of rotatable bonds is 5. The van der Waals surface area contributed by atoms with Gasteiger partial charge in [-0.1, -0.05) is 55.1 Å². The molecule has 0 unspecified atom stereocenters. The van der Waals surface area contributed by atoms with Gasteiger partial charge in [-0.05, 0) is 12.1 Å². The van der Waals surface area contributed by atoms with Gasteiger partial charge in [-0.25, -0.2) is 0 Å². The van der Waals surface area contributed by atoms with Gasteiger partial charge in [0.1, 0.15) is 23.9 Å². The first kappa shape index (κ1) is 14.9. The van der Waals surface area contributed by atoms with Gasteiger partial charge in [-0.15, -0.1) is 0 Å². The number of para-hydroxylation sites is 1. The maximum atomic E-state index is 12.1. The Balaban J connectivity index is 2.09. The van der Waals surface area contributed by atoms with Crippen LogP contribution in [0.4, 0.5) is 0 Å². The molecule has 3 aromatic rings. The van der Waals surface area contributed by atoms with E-state index in [1.165, 1.54) is 12.1 Å². The van der Waals surface area contributed by atoms with Crippen LogP contribution in [0.25, 0.3) is 22.6 Å². The lowest BCUT2D eigenvalue weighted by Gasteiger charge is -2.10. The summed E-state index contributed by atoms with van der Waals surface area (Å²) < 4.78 is 11.6. The Morgan fingerprint density at radius 1 is 0.957 bits per heavy atom. The molecule has 0 fully saturated rings. The van der Waals surface area contributed by atoms with Crippen molar-refractivity contribution in [2.75, 3.05) is 6.61 Å². The van der Waals surface area contributed by atoms with Crippen molar-refractivity contribution in [2.45, 2.75) is 0 Å². The summed E-state index contributed by atoms with van der Waals surface area (Å²) in [5.74, 6) is 1.67. The largest absolute Gasteiger partial charge is 0.489 e. The molecule has 0 spiro atoms. The van der Waals surface area contributed by atoms with E-state index < -0.39 is 0 Å². The van der Waals surface area contributed by atoms with Gasteiger partial charge < -0.3 is 9.15 Å². The van der Waals surface area contributed by atoms with E-state index in [-0.39, 0.29) is 5.43 Å². The van der Waals surface area contributed by atoms with Crippen LogP contribution in [0, 0.1) is 0 Å².